The van der Waals surface area contributed by atoms with Gasteiger partial charge in [0.15, 0.2) is 11.5 Å². The zero-order valence-corrected chi connectivity index (χ0v) is 19.3. The monoisotopic (exact) mass is 458 g/mol. The summed E-state index contributed by atoms with van der Waals surface area (Å²) in [5.74, 6) is 0.500. The smallest absolute Gasteiger partial charge is 0.254 e. The Morgan fingerprint density at radius 3 is 2.32 bits per heavy atom. The number of carbonyl (C=O) groups is 2. The number of hydrogen-bond acceptors (Lipinski definition) is 5. The standard InChI is InChI=1S/C27H26N2O5/c1-32-21-11-7-6-10-20(21)28-26(30)24-18-14-22(33-2)23(34-3)15-19(18)27(31)29-13-12-16-8-4-5-9-17(16)25(24)29/h4-11,14-15,24-25H,12-13H2,1-3H3,(H,28,30)/t24-,25-/m0/s1. The van der Waals surface area contributed by atoms with E-state index in [2.05, 4.69) is 11.4 Å². The highest BCUT2D eigenvalue weighted by Gasteiger charge is 2.47. The first kappa shape index (κ1) is 21.8. The van der Waals surface area contributed by atoms with Crippen LogP contribution in [0.5, 0.6) is 17.2 Å². The van der Waals surface area contributed by atoms with Crippen LogP contribution >= 0.6 is 0 Å². The third-order valence-corrected chi connectivity index (χ3v) is 6.68. The van der Waals surface area contributed by atoms with Crippen LogP contribution in [-0.2, 0) is 11.2 Å². The average Bonchev–Trinajstić information content (AvgIpc) is 2.88. The van der Waals surface area contributed by atoms with Gasteiger partial charge in [0.2, 0.25) is 5.91 Å². The summed E-state index contributed by atoms with van der Waals surface area (Å²) in [5.41, 5.74) is 3.78. The molecule has 0 bridgehead atoms. The number of nitrogens with one attached hydrogen (secondary N) is 1. The third-order valence-electron chi connectivity index (χ3n) is 6.68. The molecule has 3 aromatic carbocycles. The molecule has 0 aliphatic carbocycles. The summed E-state index contributed by atoms with van der Waals surface area (Å²) in [6.45, 7) is 0.534. The molecule has 2 aliphatic heterocycles. The van der Waals surface area contributed by atoms with Crippen molar-refractivity contribution in [2.45, 2.75) is 18.4 Å². The van der Waals surface area contributed by atoms with Crippen molar-refractivity contribution in [3.63, 3.8) is 0 Å². The lowest BCUT2D eigenvalue weighted by Gasteiger charge is -2.45. The van der Waals surface area contributed by atoms with Crippen LogP contribution in [0.25, 0.3) is 0 Å². The number of amides is 2. The van der Waals surface area contributed by atoms with Crippen LogP contribution in [0.15, 0.2) is 60.7 Å². The van der Waals surface area contributed by atoms with Gasteiger partial charge in [-0.15, -0.1) is 0 Å². The minimum Gasteiger partial charge on any atom is -0.495 e. The van der Waals surface area contributed by atoms with Crippen molar-refractivity contribution in [3.05, 3.63) is 82.9 Å². The van der Waals surface area contributed by atoms with Gasteiger partial charge >= 0.3 is 0 Å². The topological polar surface area (TPSA) is 77.1 Å². The molecule has 7 heteroatoms. The summed E-state index contributed by atoms with van der Waals surface area (Å²) in [6.07, 6.45) is 0.738. The number of methoxy groups -OCH3 is 3. The molecule has 7 nitrogen and oxygen atoms in total. The van der Waals surface area contributed by atoms with E-state index in [4.69, 9.17) is 14.2 Å². The van der Waals surface area contributed by atoms with Gasteiger partial charge in [0.05, 0.1) is 39.0 Å². The second kappa shape index (κ2) is 8.74. The van der Waals surface area contributed by atoms with Gasteiger partial charge < -0.3 is 24.4 Å². The summed E-state index contributed by atoms with van der Waals surface area (Å²) in [7, 11) is 4.64. The number of para-hydroxylation sites is 2. The van der Waals surface area contributed by atoms with Crippen LogP contribution in [0.2, 0.25) is 0 Å². The van der Waals surface area contributed by atoms with Crippen LogP contribution in [-0.4, -0.2) is 44.6 Å². The molecule has 0 saturated heterocycles. The van der Waals surface area contributed by atoms with Gasteiger partial charge in [-0.3, -0.25) is 9.59 Å². The maximum absolute atomic E-state index is 13.9. The SMILES string of the molecule is COc1ccccc1NC(=O)[C@H]1c2cc(OC)c(OC)cc2C(=O)N2CCc3ccccc3[C@@H]12. The first-order valence-corrected chi connectivity index (χ1v) is 11.2. The van der Waals surface area contributed by atoms with Crippen molar-refractivity contribution in [2.75, 3.05) is 33.2 Å². The molecular weight excluding hydrogens is 432 g/mol. The van der Waals surface area contributed by atoms with Crippen molar-refractivity contribution in [2.24, 2.45) is 0 Å². The second-order valence-electron chi connectivity index (χ2n) is 8.35. The Bertz CT molecular complexity index is 1270. The van der Waals surface area contributed by atoms with Crippen molar-refractivity contribution >= 4 is 17.5 Å². The Labute approximate surface area is 198 Å². The van der Waals surface area contributed by atoms with E-state index in [-0.39, 0.29) is 11.8 Å². The van der Waals surface area contributed by atoms with Crippen LogP contribution < -0.4 is 19.5 Å². The fourth-order valence-electron chi connectivity index (χ4n) is 5.09. The summed E-state index contributed by atoms with van der Waals surface area (Å²) < 4.78 is 16.4. The molecule has 174 valence electrons. The highest BCUT2D eigenvalue weighted by Crippen LogP contribution is 2.48. The first-order valence-electron chi connectivity index (χ1n) is 11.2. The fraction of sp³-hybridized carbons (Fsp3) is 0.259. The number of anilines is 1. The van der Waals surface area contributed by atoms with E-state index in [0.717, 1.165) is 17.5 Å². The number of ether oxygens (including phenoxy) is 3. The molecule has 0 radical (unpaired) electrons. The molecule has 0 spiro atoms. The highest BCUT2D eigenvalue weighted by molar-refractivity contribution is 6.05. The predicted octanol–water partition coefficient (Wildman–Crippen LogP) is 4.19. The molecule has 0 fully saturated rings. The van der Waals surface area contributed by atoms with E-state index in [1.54, 1.807) is 38.5 Å². The van der Waals surface area contributed by atoms with Crippen LogP contribution in [0, 0.1) is 0 Å². The number of rotatable bonds is 5. The normalized spacial score (nSPS) is 18.3. The van der Waals surface area contributed by atoms with E-state index in [9.17, 15) is 9.59 Å². The van der Waals surface area contributed by atoms with E-state index in [1.807, 2.05) is 35.2 Å². The largest absolute Gasteiger partial charge is 0.495 e. The molecule has 34 heavy (non-hydrogen) atoms. The van der Waals surface area contributed by atoms with Crippen molar-refractivity contribution < 1.29 is 23.8 Å². The van der Waals surface area contributed by atoms with Crippen molar-refractivity contribution in [1.29, 1.82) is 0 Å². The zero-order chi connectivity index (χ0) is 23.8. The molecule has 5 rings (SSSR count). The summed E-state index contributed by atoms with van der Waals surface area (Å²) in [4.78, 5) is 29.4. The lowest BCUT2D eigenvalue weighted by molar-refractivity contribution is -0.119. The van der Waals surface area contributed by atoms with Gasteiger partial charge in [-0.05, 0) is 47.4 Å². The van der Waals surface area contributed by atoms with Gasteiger partial charge in [-0.2, -0.15) is 0 Å². The number of benzene rings is 3. The Morgan fingerprint density at radius 2 is 1.56 bits per heavy atom. The molecule has 2 aliphatic rings. The number of fused-ring (bicyclic) bond motifs is 4. The van der Waals surface area contributed by atoms with Gasteiger partial charge in [0, 0.05) is 12.1 Å². The quantitative estimate of drug-likeness (QED) is 0.621. The van der Waals surface area contributed by atoms with Crippen LogP contribution in [0.1, 0.15) is 39.0 Å². The summed E-state index contributed by atoms with van der Waals surface area (Å²) in [5, 5.41) is 3.04. The summed E-state index contributed by atoms with van der Waals surface area (Å²) >= 11 is 0. The third kappa shape index (κ3) is 3.44. The Balaban J connectivity index is 1.68. The van der Waals surface area contributed by atoms with E-state index < -0.39 is 12.0 Å². The molecule has 2 atom stereocenters. The lowest BCUT2D eigenvalue weighted by Crippen LogP contribution is -2.49. The molecule has 0 saturated carbocycles. The van der Waals surface area contributed by atoms with E-state index >= 15 is 0 Å². The van der Waals surface area contributed by atoms with E-state index in [0.29, 0.717) is 40.6 Å². The fourth-order valence-corrected chi connectivity index (χ4v) is 5.09. The molecule has 2 amide bonds. The van der Waals surface area contributed by atoms with Gasteiger partial charge in [-0.1, -0.05) is 36.4 Å². The molecule has 2 heterocycles. The summed E-state index contributed by atoms with van der Waals surface area (Å²) in [6, 6.07) is 18.3. The molecule has 0 unspecified atom stereocenters. The number of nitrogens with zero attached hydrogens (tertiary/aromatic N) is 1. The van der Waals surface area contributed by atoms with Crippen molar-refractivity contribution in [1.82, 2.24) is 4.90 Å². The Morgan fingerprint density at radius 1 is 0.882 bits per heavy atom. The minimum atomic E-state index is -0.654. The Hall–Kier alpha value is -4.00. The van der Waals surface area contributed by atoms with Gasteiger partial charge in [0.1, 0.15) is 5.75 Å². The lowest BCUT2D eigenvalue weighted by atomic mass is 9.75. The maximum atomic E-state index is 13.9. The first-order chi connectivity index (χ1) is 16.6. The molecule has 1 N–H and O–H groups in total. The van der Waals surface area contributed by atoms with Gasteiger partial charge in [0.25, 0.3) is 5.91 Å². The molecular formula is C27H26N2O5. The maximum Gasteiger partial charge on any atom is 0.254 e. The van der Waals surface area contributed by atoms with Crippen molar-refractivity contribution in [3.8, 4) is 17.2 Å². The highest BCUT2D eigenvalue weighted by atomic mass is 16.5. The molecule has 0 aromatic heterocycles. The zero-order valence-electron chi connectivity index (χ0n) is 19.3. The predicted molar refractivity (Wildman–Crippen MR) is 128 cm³/mol. The van der Waals surface area contributed by atoms with Crippen LogP contribution in [0.4, 0.5) is 5.69 Å². The van der Waals surface area contributed by atoms with Gasteiger partial charge in [-0.25, -0.2) is 0 Å². The van der Waals surface area contributed by atoms with E-state index in [1.165, 1.54) is 7.11 Å². The average molecular weight is 459 g/mol. The number of carbonyl (C=O) groups excluding carboxylic acids is 2. The Kier molecular flexibility index (Phi) is 5.61. The molecule has 3 aromatic rings. The second-order valence-corrected chi connectivity index (χ2v) is 8.35. The van der Waals surface area contributed by atoms with Crippen LogP contribution in [0.3, 0.4) is 0 Å². The minimum absolute atomic E-state index is 0.114. The number of hydrogen-bond donors (Lipinski definition) is 1.